The van der Waals surface area contributed by atoms with Gasteiger partial charge in [0.15, 0.2) is 5.88 Å². The molecule has 7 nitrogen and oxygen atoms in total. The third-order valence-electron chi connectivity index (χ3n) is 6.61. The van der Waals surface area contributed by atoms with Crippen molar-refractivity contribution >= 4 is 5.82 Å². The fraction of sp³-hybridized carbons (Fsp3) is 0.760. The molecule has 1 fully saturated rings. The van der Waals surface area contributed by atoms with Crippen LogP contribution in [0.25, 0.3) is 0 Å². The number of aromatic nitrogens is 2. The van der Waals surface area contributed by atoms with Gasteiger partial charge in [0.1, 0.15) is 11.9 Å². The molecule has 0 aliphatic heterocycles. The highest BCUT2D eigenvalue weighted by atomic mass is 19.3. The minimum absolute atomic E-state index is 0.0593. The molecule has 0 saturated heterocycles. The van der Waals surface area contributed by atoms with Crippen LogP contribution in [0.3, 0.4) is 0 Å². The Hall–Kier alpha value is -2.16. The molecule has 4 N–H and O–H groups in total. The van der Waals surface area contributed by atoms with Gasteiger partial charge >= 0.3 is 11.8 Å². The zero-order chi connectivity index (χ0) is 25.1. The largest absolute Gasteiger partial charge is 0.479 e. The topological polar surface area (TPSA) is 102 Å². The lowest BCUT2D eigenvalue weighted by Crippen LogP contribution is -2.39. The van der Waals surface area contributed by atoms with Gasteiger partial charge in [0, 0.05) is 12.7 Å². The van der Waals surface area contributed by atoms with Crippen LogP contribution in [0.1, 0.15) is 91.0 Å². The number of anilines is 1. The molecule has 194 valence electrons. The second kappa shape index (κ2) is 13.7. The number of unbranched alkanes of at least 4 members (excludes halogenated alkanes) is 3. The Morgan fingerprint density at radius 2 is 1.97 bits per heavy atom. The lowest BCUT2D eigenvalue weighted by Gasteiger charge is -2.28. The molecule has 3 atom stereocenters. The van der Waals surface area contributed by atoms with Crippen molar-refractivity contribution in [3.63, 3.8) is 0 Å². The van der Waals surface area contributed by atoms with E-state index in [4.69, 9.17) is 10.5 Å². The van der Waals surface area contributed by atoms with Crippen LogP contribution in [0, 0.1) is 11.8 Å². The quantitative estimate of drug-likeness (QED) is 0.226. The number of aliphatic hydroxyl groups is 1. The summed E-state index contributed by atoms with van der Waals surface area (Å²) in [7, 11) is 0. The lowest BCUT2D eigenvalue weighted by atomic mass is 9.92. The molecule has 0 radical (unpaired) electrons. The molecule has 1 saturated carbocycles. The zero-order valence-electron chi connectivity index (χ0n) is 20.9. The van der Waals surface area contributed by atoms with Gasteiger partial charge in [-0.25, -0.2) is 4.79 Å². The highest BCUT2D eigenvalue weighted by Crippen LogP contribution is 2.32. The SMILES string of the molecule is CCC(C)CCCCCCNC(OCC(C)CC(n1ccc(N)nc1=O)C(O)(F)F)=C1CCC1. The number of rotatable bonds is 16. The first kappa shape index (κ1) is 28.1. The Kier molecular flexibility index (Phi) is 11.3. The molecule has 1 aliphatic carbocycles. The van der Waals surface area contributed by atoms with Crippen molar-refractivity contribution in [3.05, 3.63) is 34.2 Å². The number of ether oxygens (including phenoxy) is 1. The van der Waals surface area contributed by atoms with Crippen LogP contribution in [0.5, 0.6) is 0 Å². The van der Waals surface area contributed by atoms with Crippen LogP contribution in [-0.4, -0.2) is 33.9 Å². The summed E-state index contributed by atoms with van der Waals surface area (Å²) in [4.78, 5) is 15.5. The molecule has 0 aromatic carbocycles. The molecule has 1 heterocycles. The highest BCUT2D eigenvalue weighted by molar-refractivity contribution is 5.23. The number of nitrogens with two attached hydrogens (primary N) is 1. The average molecular weight is 485 g/mol. The van der Waals surface area contributed by atoms with E-state index in [1.54, 1.807) is 6.92 Å². The van der Waals surface area contributed by atoms with Gasteiger partial charge in [-0.2, -0.15) is 13.8 Å². The predicted octanol–water partition coefficient (Wildman–Crippen LogP) is 4.98. The number of nitrogens with one attached hydrogen (secondary N) is 1. The first-order valence-corrected chi connectivity index (χ1v) is 12.6. The van der Waals surface area contributed by atoms with E-state index in [0.717, 1.165) is 54.8 Å². The van der Waals surface area contributed by atoms with E-state index < -0.39 is 17.8 Å². The minimum atomic E-state index is -4.08. The summed E-state index contributed by atoms with van der Waals surface area (Å²) in [6, 6.07) is -0.496. The highest BCUT2D eigenvalue weighted by Gasteiger charge is 2.40. The van der Waals surface area contributed by atoms with E-state index in [0.29, 0.717) is 0 Å². The third kappa shape index (κ3) is 9.24. The maximum atomic E-state index is 13.9. The Balaban J connectivity index is 1.84. The lowest BCUT2D eigenvalue weighted by molar-refractivity contribution is -0.235. The van der Waals surface area contributed by atoms with Gasteiger partial charge in [0.2, 0.25) is 0 Å². The summed E-state index contributed by atoms with van der Waals surface area (Å²) in [6.07, 6.45) is 7.22. The second-order valence-electron chi connectivity index (χ2n) is 9.73. The summed E-state index contributed by atoms with van der Waals surface area (Å²) >= 11 is 0. The maximum absolute atomic E-state index is 13.9. The molecular weight excluding hydrogens is 442 g/mol. The van der Waals surface area contributed by atoms with Crippen molar-refractivity contribution in [1.29, 1.82) is 0 Å². The van der Waals surface area contributed by atoms with Crippen LogP contribution in [0.2, 0.25) is 0 Å². The molecule has 3 unspecified atom stereocenters. The van der Waals surface area contributed by atoms with Crippen LogP contribution in [0.4, 0.5) is 14.6 Å². The standard InChI is InChI=1S/C25H42F2N4O3/c1-4-18(2)10-7-5-6-8-14-29-23(20-11-9-12-20)34-17-19(3)16-21(25(26,27)33)31-15-13-22(28)30-24(31)32/h13,15,18-19,21,29,33H,4-12,14,16-17H2,1-3H3,(H2,28,30,32). The molecule has 1 aromatic rings. The van der Waals surface area contributed by atoms with Crippen molar-refractivity contribution in [2.45, 2.75) is 97.1 Å². The fourth-order valence-electron chi connectivity index (χ4n) is 4.00. The summed E-state index contributed by atoms with van der Waals surface area (Å²) in [5, 5.41) is 12.8. The van der Waals surface area contributed by atoms with Gasteiger partial charge in [-0.1, -0.05) is 52.9 Å². The van der Waals surface area contributed by atoms with Gasteiger partial charge in [0.25, 0.3) is 0 Å². The fourth-order valence-corrected chi connectivity index (χ4v) is 4.00. The van der Waals surface area contributed by atoms with E-state index in [1.165, 1.54) is 43.7 Å². The van der Waals surface area contributed by atoms with Gasteiger partial charge in [-0.05, 0) is 55.6 Å². The average Bonchev–Trinajstić information content (AvgIpc) is 2.73. The van der Waals surface area contributed by atoms with Crippen LogP contribution < -0.4 is 16.7 Å². The number of alkyl halides is 2. The maximum Gasteiger partial charge on any atom is 0.374 e. The number of nitrogens with zero attached hydrogens (tertiary/aromatic N) is 2. The van der Waals surface area contributed by atoms with E-state index >= 15 is 0 Å². The molecule has 0 bridgehead atoms. The van der Waals surface area contributed by atoms with E-state index in [9.17, 15) is 18.7 Å². The predicted molar refractivity (Wildman–Crippen MR) is 130 cm³/mol. The summed E-state index contributed by atoms with van der Waals surface area (Å²) in [5.74, 6) is 1.15. The smallest absolute Gasteiger partial charge is 0.374 e. The van der Waals surface area contributed by atoms with Gasteiger partial charge in [0.05, 0.1) is 6.61 Å². The van der Waals surface area contributed by atoms with Crippen molar-refractivity contribution in [2.75, 3.05) is 18.9 Å². The van der Waals surface area contributed by atoms with Crippen molar-refractivity contribution < 1.29 is 18.6 Å². The van der Waals surface area contributed by atoms with Gasteiger partial charge in [-0.15, -0.1) is 0 Å². The normalized spacial score (nSPS) is 16.5. The molecule has 1 aromatic heterocycles. The molecule has 2 rings (SSSR count). The minimum Gasteiger partial charge on any atom is -0.479 e. The third-order valence-corrected chi connectivity index (χ3v) is 6.61. The van der Waals surface area contributed by atoms with Crippen molar-refractivity contribution in [2.24, 2.45) is 11.8 Å². The molecular formula is C25H42F2N4O3. The molecule has 0 spiro atoms. The molecule has 1 aliphatic rings. The Morgan fingerprint density at radius 3 is 2.56 bits per heavy atom. The van der Waals surface area contributed by atoms with E-state index in [-0.39, 0.29) is 24.8 Å². The Labute approximate surface area is 201 Å². The van der Waals surface area contributed by atoms with Crippen molar-refractivity contribution in [3.8, 4) is 0 Å². The van der Waals surface area contributed by atoms with E-state index in [2.05, 4.69) is 24.1 Å². The summed E-state index contributed by atoms with van der Waals surface area (Å²) in [5.41, 5.74) is 5.76. The number of hydrogen-bond donors (Lipinski definition) is 3. The monoisotopic (exact) mass is 484 g/mol. The Morgan fingerprint density at radius 1 is 1.26 bits per heavy atom. The van der Waals surface area contributed by atoms with Crippen LogP contribution in [0.15, 0.2) is 28.5 Å². The summed E-state index contributed by atoms with van der Waals surface area (Å²) < 4.78 is 34.6. The van der Waals surface area contributed by atoms with E-state index in [1.807, 2.05) is 0 Å². The number of halogens is 2. The zero-order valence-corrected chi connectivity index (χ0v) is 20.9. The number of allylic oxidation sites excluding steroid dienone is 1. The van der Waals surface area contributed by atoms with Crippen LogP contribution >= 0.6 is 0 Å². The first-order valence-electron chi connectivity index (χ1n) is 12.6. The Bertz CT molecular complexity index is 832. The van der Waals surface area contributed by atoms with Crippen LogP contribution in [-0.2, 0) is 4.74 Å². The summed E-state index contributed by atoms with van der Waals surface area (Å²) in [6.45, 7) is 7.31. The second-order valence-corrected chi connectivity index (χ2v) is 9.73. The molecule has 9 heteroatoms. The number of hydrogen-bond acceptors (Lipinski definition) is 6. The molecule has 0 amide bonds. The van der Waals surface area contributed by atoms with Gasteiger partial charge < -0.3 is 20.9 Å². The number of nitrogen functional groups attached to an aromatic ring is 1. The first-order chi connectivity index (χ1) is 16.1. The molecule has 34 heavy (non-hydrogen) atoms. The van der Waals surface area contributed by atoms with Crippen molar-refractivity contribution in [1.82, 2.24) is 14.9 Å². The van der Waals surface area contributed by atoms with Gasteiger partial charge in [-0.3, -0.25) is 4.57 Å².